The second kappa shape index (κ2) is 9.48. The predicted octanol–water partition coefficient (Wildman–Crippen LogP) is 3.00. The van der Waals surface area contributed by atoms with Gasteiger partial charge in [0.25, 0.3) is 0 Å². The molecular weight excluding hydrogens is 290 g/mol. The SMILES string of the molecule is CCN(CC)CC(C)NC1CCCC1CNC(=O)OC(C)(C)C. The molecule has 23 heavy (non-hydrogen) atoms. The summed E-state index contributed by atoms with van der Waals surface area (Å²) < 4.78 is 5.32. The van der Waals surface area contributed by atoms with Crippen LogP contribution in [0.3, 0.4) is 0 Å². The smallest absolute Gasteiger partial charge is 0.407 e. The van der Waals surface area contributed by atoms with Crippen LogP contribution in [0.25, 0.3) is 0 Å². The Hall–Kier alpha value is -0.810. The highest BCUT2D eigenvalue weighted by Crippen LogP contribution is 2.25. The number of likely N-dealkylation sites (N-methyl/N-ethyl adjacent to an activating group) is 1. The molecule has 1 amide bonds. The Morgan fingerprint density at radius 2 is 1.91 bits per heavy atom. The minimum Gasteiger partial charge on any atom is -0.444 e. The van der Waals surface area contributed by atoms with Gasteiger partial charge in [0.05, 0.1) is 0 Å². The molecule has 1 saturated carbocycles. The number of carbonyl (C=O) groups excluding carboxylic acids is 1. The minimum atomic E-state index is -0.435. The number of ether oxygens (including phenoxy) is 1. The van der Waals surface area contributed by atoms with Crippen LogP contribution in [-0.2, 0) is 4.74 Å². The fourth-order valence-electron chi connectivity index (χ4n) is 3.32. The van der Waals surface area contributed by atoms with Crippen LogP contribution < -0.4 is 10.6 Å². The molecule has 1 rings (SSSR count). The summed E-state index contributed by atoms with van der Waals surface area (Å²) in [5.41, 5.74) is -0.435. The van der Waals surface area contributed by atoms with E-state index in [4.69, 9.17) is 4.74 Å². The maximum atomic E-state index is 11.8. The van der Waals surface area contributed by atoms with Crippen LogP contribution in [0.2, 0.25) is 0 Å². The highest BCUT2D eigenvalue weighted by Gasteiger charge is 2.29. The molecule has 0 aliphatic heterocycles. The van der Waals surface area contributed by atoms with Gasteiger partial charge >= 0.3 is 6.09 Å². The van der Waals surface area contributed by atoms with Crippen molar-refractivity contribution >= 4 is 6.09 Å². The van der Waals surface area contributed by atoms with Crippen LogP contribution >= 0.6 is 0 Å². The molecule has 0 bridgehead atoms. The first-order valence-electron chi connectivity index (χ1n) is 9.20. The monoisotopic (exact) mass is 327 g/mol. The van der Waals surface area contributed by atoms with E-state index in [1.54, 1.807) is 0 Å². The number of hydrogen-bond donors (Lipinski definition) is 2. The molecular formula is C18H37N3O2. The van der Waals surface area contributed by atoms with E-state index in [1.165, 1.54) is 19.3 Å². The number of carbonyl (C=O) groups is 1. The second-order valence-electron chi connectivity index (χ2n) is 7.73. The van der Waals surface area contributed by atoms with E-state index in [2.05, 4.69) is 36.3 Å². The van der Waals surface area contributed by atoms with Crippen molar-refractivity contribution in [2.45, 2.75) is 78.5 Å². The van der Waals surface area contributed by atoms with Gasteiger partial charge in [-0.05, 0) is 59.5 Å². The molecule has 1 fully saturated rings. The lowest BCUT2D eigenvalue weighted by atomic mass is 10.0. The van der Waals surface area contributed by atoms with E-state index >= 15 is 0 Å². The Bertz CT molecular complexity index is 351. The molecule has 1 aliphatic rings. The van der Waals surface area contributed by atoms with Gasteiger partial charge in [-0.2, -0.15) is 0 Å². The lowest BCUT2D eigenvalue weighted by Crippen LogP contribution is -2.47. The molecule has 5 heteroatoms. The molecule has 2 N–H and O–H groups in total. The number of amides is 1. The molecule has 0 radical (unpaired) electrons. The van der Waals surface area contributed by atoms with Crippen LogP contribution in [0.1, 0.15) is 60.8 Å². The third-order valence-corrected chi connectivity index (χ3v) is 4.49. The zero-order chi connectivity index (χ0) is 17.5. The Labute approximate surface area is 142 Å². The summed E-state index contributed by atoms with van der Waals surface area (Å²) in [4.78, 5) is 14.3. The standard InChI is InChI=1S/C18H37N3O2/c1-7-21(8-2)13-14(3)20-16-11-9-10-15(16)12-19-17(22)23-18(4,5)6/h14-16,20H,7-13H2,1-6H3,(H,19,22). The second-order valence-corrected chi connectivity index (χ2v) is 7.73. The predicted molar refractivity (Wildman–Crippen MR) is 95.8 cm³/mol. The maximum absolute atomic E-state index is 11.8. The van der Waals surface area contributed by atoms with E-state index in [1.807, 2.05) is 20.8 Å². The van der Waals surface area contributed by atoms with Crippen LogP contribution in [0.15, 0.2) is 0 Å². The van der Waals surface area contributed by atoms with Crippen molar-refractivity contribution in [3.05, 3.63) is 0 Å². The van der Waals surface area contributed by atoms with Gasteiger partial charge in [-0.25, -0.2) is 4.79 Å². The van der Waals surface area contributed by atoms with E-state index in [0.29, 0.717) is 24.5 Å². The number of alkyl carbamates (subject to hydrolysis) is 1. The molecule has 5 nitrogen and oxygen atoms in total. The molecule has 0 saturated heterocycles. The summed E-state index contributed by atoms with van der Waals surface area (Å²) in [5.74, 6) is 0.502. The number of nitrogens with one attached hydrogen (secondary N) is 2. The van der Waals surface area contributed by atoms with Gasteiger partial charge in [0, 0.05) is 25.2 Å². The zero-order valence-corrected chi connectivity index (χ0v) is 15.9. The molecule has 0 aromatic carbocycles. The van der Waals surface area contributed by atoms with Crippen molar-refractivity contribution in [1.82, 2.24) is 15.5 Å². The van der Waals surface area contributed by atoms with Crippen molar-refractivity contribution in [2.75, 3.05) is 26.2 Å². The van der Waals surface area contributed by atoms with Crippen molar-refractivity contribution in [2.24, 2.45) is 5.92 Å². The van der Waals surface area contributed by atoms with E-state index in [9.17, 15) is 4.79 Å². The third-order valence-electron chi connectivity index (χ3n) is 4.49. The van der Waals surface area contributed by atoms with Crippen molar-refractivity contribution in [1.29, 1.82) is 0 Å². The molecule has 0 aromatic rings. The molecule has 0 aromatic heterocycles. The maximum Gasteiger partial charge on any atom is 0.407 e. The van der Waals surface area contributed by atoms with Gasteiger partial charge in [-0.15, -0.1) is 0 Å². The molecule has 3 unspecified atom stereocenters. The number of rotatable bonds is 8. The summed E-state index contributed by atoms with van der Waals surface area (Å²) in [6.07, 6.45) is 3.30. The van der Waals surface area contributed by atoms with Gasteiger partial charge in [-0.1, -0.05) is 20.3 Å². The van der Waals surface area contributed by atoms with Gasteiger partial charge in [-0.3, -0.25) is 0 Å². The van der Waals surface area contributed by atoms with Crippen LogP contribution in [-0.4, -0.2) is 54.9 Å². The van der Waals surface area contributed by atoms with E-state index < -0.39 is 5.60 Å². The van der Waals surface area contributed by atoms with Crippen LogP contribution in [0.4, 0.5) is 4.79 Å². The van der Waals surface area contributed by atoms with Crippen molar-refractivity contribution in [3.8, 4) is 0 Å². The largest absolute Gasteiger partial charge is 0.444 e. The molecule has 3 atom stereocenters. The first-order valence-corrected chi connectivity index (χ1v) is 9.20. The first-order chi connectivity index (χ1) is 10.7. The van der Waals surface area contributed by atoms with Crippen molar-refractivity contribution < 1.29 is 9.53 Å². The fourth-order valence-corrected chi connectivity index (χ4v) is 3.32. The van der Waals surface area contributed by atoms with Crippen LogP contribution in [0.5, 0.6) is 0 Å². The van der Waals surface area contributed by atoms with Crippen molar-refractivity contribution in [3.63, 3.8) is 0 Å². The number of hydrogen-bond acceptors (Lipinski definition) is 4. The summed E-state index contributed by atoms with van der Waals surface area (Å²) in [6, 6.07) is 0.970. The van der Waals surface area contributed by atoms with E-state index in [-0.39, 0.29) is 6.09 Å². The molecule has 0 spiro atoms. The first kappa shape index (κ1) is 20.2. The average molecular weight is 328 g/mol. The minimum absolute atomic E-state index is 0.306. The van der Waals surface area contributed by atoms with Gasteiger partial charge in [0.15, 0.2) is 0 Å². The normalized spacial score (nSPS) is 23.1. The number of nitrogens with zero attached hydrogens (tertiary/aromatic N) is 1. The summed E-state index contributed by atoms with van der Waals surface area (Å²) >= 11 is 0. The van der Waals surface area contributed by atoms with Gasteiger partial charge in [0.2, 0.25) is 0 Å². The lowest BCUT2D eigenvalue weighted by molar-refractivity contribution is 0.0517. The van der Waals surface area contributed by atoms with Gasteiger partial charge < -0.3 is 20.3 Å². The molecule has 1 aliphatic carbocycles. The summed E-state index contributed by atoms with van der Waals surface area (Å²) in [6.45, 7) is 16.3. The molecule has 0 heterocycles. The third kappa shape index (κ3) is 8.02. The lowest BCUT2D eigenvalue weighted by Gasteiger charge is -2.29. The summed E-state index contributed by atoms with van der Waals surface area (Å²) in [7, 11) is 0. The Balaban J connectivity index is 2.37. The highest BCUT2D eigenvalue weighted by atomic mass is 16.6. The Morgan fingerprint density at radius 3 is 2.48 bits per heavy atom. The van der Waals surface area contributed by atoms with E-state index in [0.717, 1.165) is 19.6 Å². The quantitative estimate of drug-likeness (QED) is 0.719. The Kier molecular flexibility index (Phi) is 8.34. The summed E-state index contributed by atoms with van der Waals surface area (Å²) in [5, 5.41) is 6.70. The molecule has 136 valence electrons. The zero-order valence-electron chi connectivity index (χ0n) is 15.9. The topological polar surface area (TPSA) is 53.6 Å². The average Bonchev–Trinajstić information content (AvgIpc) is 2.87. The van der Waals surface area contributed by atoms with Gasteiger partial charge in [0.1, 0.15) is 5.60 Å². The fraction of sp³-hybridized carbons (Fsp3) is 0.944. The Morgan fingerprint density at radius 1 is 1.26 bits per heavy atom. The van der Waals surface area contributed by atoms with Crippen LogP contribution in [0, 0.1) is 5.92 Å². The highest BCUT2D eigenvalue weighted by molar-refractivity contribution is 5.67.